The van der Waals surface area contributed by atoms with Crippen molar-refractivity contribution in [1.29, 1.82) is 0 Å². The fourth-order valence-electron chi connectivity index (χ4n) is 2.35. The van der Waals surface area contributed by atoms with Crippen LogP contribution in [0.3, 0.4) is 0 Å². The summed E-state index contributed by atoms with van der Waals surface area (Å²) in [7, 11) is 0. The van der Waals surface area contributed by atoms with Crippen molar-refractivity contribution in [3.05, 3.63) is 58.0 Å². The predicted molar refractivity (Wildman–Crippen MR) is 82.0 cm³/mol. The molecule has 0 saturated carbocycles. The van der Waals surface area contributed by atoms with E-state index >= 15 is 0 Å². The van der Waals surface area contributed by atoms with Crippen LogP contribution in [0.2, 0.25) is 0 Å². The van der Waals surface area contributed by atoms with Crippen molar-refractivity contribution in [2.24, 2.45) is 0 Å². The molecule has 0 spiro atoms. The number of nitrogens with one attached hydrogen (secondary N) is 1. The molecular formula is C15H15N5O2. The van der Waals surface area contributed by atoms with E-state index in [0.29, 0.717) is 28.0 Å². The smallest absolute Gasteiger partial charge is 0.286 e. The van der Waals surface area contributed by atoms with Gasteiger partial charge in [-0.3, -0.25) is 9.78 Å². The third kappa shape index (κ3) is 2.48. The van der Waals surface area contributed by atoms with Crippen molar-refractivity contribution in [1.82, 2.24) is 19.7 Å². The number of pyridine rings is 2. The highest BCUT2D eigenvalue weighted by molar-refractivity contribution is 5.90. The van der Waals surface area contributed by atoms with Crippen LogP contribution in [0.15, 0.2) is 35.6 Å². The lowest BCUT2D eigenvalue weighted by Gasteiger charge is -2.12. The van der Waals surface area contributed by atoms with Crippen molar-refractivity contribution < 1.29 is 5.21 Å². The van der Waals surface area contributed by atoms with Gasteiger partial charge in [-0.2, -0.15) is 0 Å². The van der Waals surface area contributed by atoms with Gasteiger partial charge >= 0.3 is 0 Å². The minimum absolute atomic E-state index is 0.185. The Morgan fingerprint density at radius 3 is 2.82 bits per heavy atom. The quantitative estimate of drug-likeness (QED) is 0.714. The molecule has 3 rings (SSSR count). The van der Waals surface area contributed by atoms with Gasteiger partial charge in [0.2, 0.25) is 0 Å². The molecule has 22 heavy (non-hydrogen) atoms. The molecule has 3 aromatic rings. The molecule has 0 atom stereocenters. The Morgan fingerprint density at radius 2 is 2.05 bits per heavy atom. The van der Waals surface area contributed by atoms with Crippen molar-refractivity contribution in [2.45, 2.75) is 20.4 Å². The number of hydrogen-bond acceptors (Lipinski definition) is 6. The third-order valence-corrected chi connectivity index (χ3v) is 3.38. The number of nitrogens with zero attached hydrogens (tertiary/aromatic N) is 4. The molecule has 0 unspecified atom stereocenters. The van der Waals surface area contributed by atoms with E-state index in [1.54, 1.807) is 19.3 Å². The highest BCUT2D eigenvalue weighted by Crippen LogP contribution is 2.22. The minimum Gasteiger partial charge on any atom is -0.423 e. The average Bonchev–Trinajstić information content (AvgIpc) is 2.50. The Kier molecular flexibility index (Phi) is 3.46. The maximum absolute atomic E-state index is 11.8. The Bertz CT molecular complexity index is 904. The summed E-state index contributed by atoms with van der Waals surface area (Å²) < 4.78 is 0.531. The molecule has 0 fully saturated rings. The lowest BCUT2D eigenvalue weighted by atomic mass is 10.2. The van der Waals surface area contributed by atoms with Crippen LogP contribution in [0.1, 0.15) is 16.8 Å². The molecular weight excluding hydrogens is 282 g/mol. The summed E-state index contributed by atoms with van der Waals surface area (Å²) in [5, 5.41) is 13.6. The maximum atomic E-state index is 11.8. The van der Waals surface area contributed by atoms with Crippen molar-refractivity contribution in [3.63, 3.8) is 0 Å². The SMILES string of the molecule is Cc1cncc(CNc2cc(=O)n(O)c3ncnc(C)c23)c1. The van der Waals surface area contributed by atoms with Gasteiger partial charge in [-0.25, -0.2) is 9.97 Å². The summed E-state index contributed by atoms with van der Waals surface area (Å²) in [6.45, 7) is 4.28. The summed E-state index contributed by atoms with van der Waals surface area (Å²) in [5.74, 6) is 0. The molecule has 0 saturated heterocycles. The van der Waals surface area contributed by atoms with Crippen LogP contribution in [0, 0.1) is 13.8 Å². The summed E-state index contributed by atoms with van der Waals surface area (Å²) in [6.07, 6.45) is 4.86. The van der Waals surface area contributed by atoms with Gasteiger partial charge in [0.05, 0.1) is 16.8 Å². The second-order valence-corrected chi connectivity index (χ2v) is 5.09. The fourth-order valence-corrected chi connectivity index (χ4v) is 2.35. The highest BCUT2D eigenvalue weighted by atomic mass is 16.5. The first kappa shape index (κ1) is 14.0. The zero-order chi connectivity index (χ0) is 15.7. The van der Waals surface area contributed by atoms with E-state index in [1.807, 2.05) is 13.0 Å². The topological polar surface area (TPSA) is 92.9 Å². The summed E-state index contributed by atoms with van der Waals surface area (Å²) in [6, 6.07) is 3.35. The van der Waals surface area contributed by atoms with Gasteiger partial charge in [0.15, 0.2) is 5.65 Å². The van der Waals surface area contributed by atoms with E-state index in [-0.39, 0.29) is 5.65 Å². The highest BCUT2D eigenvalue weighted by Gasteiger charge is 2.12. The Morgan fingerprint density at radius 1 is 1.23 bits per heavy atom. The average molecular weight is 297 g/mol. The van der Waals surface area contributed by atoms with Crippen LogP contribution in [0.5, 0.6) is 0 Å². The number of hydrogen-bond donors (Lipinski definition) is 2. The van der Waals surface area contributed by atoms with Gasteiger partial charge in [0.25, 0.3) is 5.56 Å². The Hall–Kier alpha value is -2.96. The fraction of sp³-hybridized carbons (Fsp3) is 0.200. The Balaban J connectivity index is 2.04. The standard InChI is InChI=1S/C15H15N5O2/c1-9-3-11(6-16-5-9)7-17-12-4-13(21)20(22)15-14(12)10(2)18-8-19-15/h3-6,8,17,22H,7H2,1-2H3. The number of aryl methyl sites for hydroxylation is 2. The summed E-state index contributed by atoms with van der Waals surface area (Å²) in [4.78, 5) is 24.1. The molecule has 3 aromatic heterocycles. The third-order valence-electron chi connectivity index (χ3n) is 3.38. The van der Waals surface area contributed by atoms with Gasteiger partial charge in [0, 0.05) is 25.0 Å². The van der Waals surface area contributed by atoms with E-state index in [0.717, 1.165) is 11.1 Å². The Labute approximate surface area is 126 Å². The number of rotatable bonds is 3. The molecule has 112 valence electrons. The van der Waals surface area contributed by atoms with E-state index in [1.165, 1.54) is 12.4 Å². The van der Waals surface area contributed by atoms with Crippen molar-refractivity contribution in [2.75, 3.05) is 5.32 Å². The van der Waals surface area contributed by atoms with Crippen LogP contribution in [-0.2, 0) is 6.54 Å². The molecule has 7 nitrogen and oxygen atoms in total. The number of fused-ring (bicyclic) bond motifs is 1. The van der Waals surface area contributed by atoms with Crippen molar-refractivity contribution in [3.8, 4) is 0 Å². The van der Waals surface area contributed by atoms with Gasteiger partial charge in [-0.05, 0) is 25.0 Å². The molecule has 0 aliphatic carbocycles. The van der Waals surface area contributed by atoms with Crippen LogP contribution >= 0.6 is 0 Å². The van der Waals surface area contributed by atoms with Crippen LogP contribution in [0.25, 0.3) is 11.0 Å². The molecule has 0 amide bonds. The molecule has 0 aromatic carbocycles. The molecule has 0 radical (unpaired) electrons. The van der Waals surface area contributed by atoms with E-state index in [2.05, 4.69) is 20.3 Å². The second kappa shape index (κ2) is 5.44. The monoisotopic (exact) mass is 297 g/mol. The zero-order valence-electron chi connectivity index (χ0n) is 12.2. The summed E-state index contributed by atoms with van der Waals surface area (Å²) in [5.41, 5.74) is 2.97. The number of anilines is 1. The molecule has 0 aliphatic heterocycles. The first-order valence-corrected chi connectivity index (χ1v) is 6.77. The van der Waals surface area contributed by atoms with E-state index in [9.17, 15) is 10.0 Å². The van der Waals surface area contributed by atoms with Crippen LogP contribution in [-0.4, -0.2) is 24.9 Å². The first-order valence-electron chi connectivity index (χ1n) is 6.77. The van der Waals surface area contributed by atoms with Crippen LogP contribution < -0.4 is 10.9 Å². The van der Waals surface area contributed by atoms with E-state index < -0.39 is 5.56 Å². The minimum atomic E-state index is -0.546. The first-order chi connectivity index (χ1) is 10.6. The lowest BCUT2D eigenvalue weighted by molar-refractivity contribution is 0.186. The lowest BCUT2D eigenvalue weighted by Crippen LogP contribution is -2.20. The van der Waals surface area contributed by atoms with Gasteiger partial charge in [0.1, 0.15) is 6.33 Å². The van der Waals surface area contributed by atoms with Crippen molar-refractivity contribution >= 4 is 16.7 Å². The molecule has 0 aliphatic rings. The normalized spacial score (nSPS) is 10.8. The summed E-state index contributed by atoms with van der Waals surface area (Å²) >= 11 is 0. The molecule has 7 heteroatoms. The number of aromatic nitrogens is 4. The second-order valence-electron chi connectivity index (χ2n) is 5.09. The molecule has 0 bridgehead atoms. The molecule has 2 N–H and O–H groups in total. The molecule has 3 heterocycles. The maximum Gasteiger partial charge on any atom is 0.286 e. The van der Waals surface area contributed by atoms with Gasteiger partial charge in [-0.15, -0.1) is 4.73 Å². The van der Waals surface area contributed by atoms with Gasteiger partial charge in [-0.1, -0.05) is 6.07 Å². The zero-order valence-corrected chi connectivity index (χ0v) is 12.2. The van der Waals surface area contributed by atoms with Gasteiger partial charge < -0.3 is 10.5 Å². The van der Waals surface area contributed by atoms with E-state index in [4.69, 9.17) is 0 Å². The predicted octanol–water partition coefficient (Wildman–Crippen LogP) is 1.65. The largest absolute Gasteiger partial charge is 0.423 e. The van der Waals surface area contributed by atoms with Crippen LogP contribution in [0.4, 0.5) is 5.69 Å².